The van der Waals surface area contributed by atoms with Gasteiger partial charge >= 0.3 is 0 Å². The van der Waals surface area contributed by atoms with Crippen LogP contribution < -0.4 is 4.74 Å². The van der Waals surface area contributed by atoms with Crippen molar-refractivity contribution in [2.24, 2.45) is 0 Å². The van der Waals surface area contributed by atoms with Crippen LogP contribution in [0.4, 0.5) is 0 Å². The lowest BCUT2D eigenvalue weighted by molar-refractivity contribution is -0.132. The van der Waals surface area contributed by atoms with Crippen molar-refractivity contribution in [3.63, 3.8) is 0 Å². The second kappa shape index (κ2) is 8.86. The van der Waals surface area contributed by atoms with E-state index in [9.17, 15) is 4.79 Å². The van der Waals surface area contributed by atoms with Crippen molar-refractivity contribution in [1.82, 2.24) is 24.6 Å². The average molecular weight is 462 g/mol. The lowest BCUT2D eigenvalue weighted by atomic mass is 9.89. The Labute approximate surface area is 197 Å². The molecule has 3 heterocycles. The number of aromatic amines is 2. The molecule has 2 aromatic heterocycles. The number of aromatic nitrogens is 4. The molecule has 0 spiro atoms. The highest BCUT2D eigenvalue weighted by Crippen LogP contribution is 2.34. The topological polar surface area (TPSA) is 78.9 Å². The minimum atomic E-state index is 0.0694. The van der Waals surface area contributed by atoms with Crippen LogP contribution in [0.1, 0.15) is 29.9 Å². The minimum Gasteiger partial charge on any atom is -0.497 e. The number of hydrogen-bond acceptors (Lipinski definition) is 4. The van der Waals surface area contributed by atoms with Crippen LogP contribution in [-0.2, 0) is 11.3 Å². The van der Waals surface area contributed by atoms with Crippen molar-refractivity contribution in [3.05, 3.63) is 64.6 Å². The van der Waals surface area contributed by atoms with E-state index in [1.165, 1.54) is 16.5 Å². The fourth-order valence-corrected chi connectivity index (χ4v) is 4.85. The third-order valence-corrected chi connectivity index (χ3v) is 6.88. The van der Waals surface area contributed by atoms with Crippen LogP contribution in [0.5, 0.6) is 5.75 Å². The number of aryl methyl sites for hydroxylation is 1. The van der Waals surface area contributed by atoms with Crippen LogP contribution in [0.15, 0.2) is 48.7 Å². The van der Waals surface area contributed by atoms with Gasteiger partial charge in [-0.15, -0.1) is 0 Å². The van der Waals surface area contributed by atoms with Gasteiger partial charge in [0.15, 0.2) is 10.6 Å². The van der Waals surface area contributed by atoms with E-state index >= 15 is 0 Å². The van der Waals surface area contributed by atoms with Crippen molar-refractivity contribution < 1.29 is 9.53 Å². The zero-order chi connectivity index (χ0) is 22.9. The summed E-state index contributed by atoms with van der Waals surface area (Å²) in [7, 11) is 1.69. The number of likely N-dealkylation sites (tertiary alicyclic amines) is 1. The molecule has 5 rings (SSSR count). The van der Waals surface area contributed by atoms with Gasteiger partial charge in [-0.05, 0) is 61.7 Å². The molecule has 7 nitrogen and oxygen atoms in total. The summed E-state index contributed by atoms with van der Waals surface area (Å²) in [4.78, 5) is 18.5. The number of hydrogen-bond donors (Lipinski definition) is 2. The van der Waals surface area contributed by atoms with Gasteiger partial charge in [0.1, 0.15) is 12.3 Å². The van der Waals surface area contributed by atoms with Crippen molar-refractivity contribution >= 4 is 29.0 Å². The summed E-state index contributed by atoms with van der Waals surface area (Å²) in [6.45, 7) is 3.69. The smallest absolute Gasteiger partial charge is 0.242 e. The van der Waals surface area contributed by atoms with E-state index in [1.54, 1.807) is 11.7 Å². The van der Waals surface area contributed by atoms with Crippen molar-refractivity contribution in [2.75, 3.05) is 20.2 Å². The molecular weight excluding hydrogens is 434 g/mol. The van der Waals surface area contributed by atoms with Crippen LogP contribution in [0.2, 0.25) is 0 Å². The summed E-state index contributed by atoms with van der Waals surface area (Å²) in [5.74, 6) is 2.03. The number of nitrogens with zero attached hydrogens (tertiary/aromatic N) is 3. The van der Waals surface area contributed by atoms with E-state index in [1.807, 2.05) is 42.2 Å². The fourth-order valence-electron chi connectivity index (χ4n) is 4.65. The molecule has 33 heavy (non-hydrogen) atoms. The van der Waals surface area contributed by atoms with Crippen LogP contribution in [0.25, 0.3) is 22.3 Å². The monoisotopic (exact) mass is 461 g/mol. The lowest BCUT2D eigenvalue weighted by Gasteiger charge is -2.32. The molecule has 1 fully saturated rings. The van der Waals surface area contributed by atoms with Crippen LogP contribution in [0.3, 0.4) is 0 Å². The number of carbonyl (C=O) groups is 1. The Bertz CT molecular complexity index is 1340. The highest BCUT2D eigenvalue weighted by molar-refractivity contribution is 7.71. The van der Waals surface area contributed by atoms with Crippen molar-refractivity contribution in [1.29, 1.82) is 0 Å². The number of carbonyl (C=O) groups excluding carboxylic acids is 1. The van der Waals surface area contributed by atoms with E-state index < -0.39 is 0 Å². The molecule has 0 radical (unpaired) electrons. The van der Waals surface area contributed by atoms with E-state index in [-0.39, 0.29) is 12.5 Å². The summed E-state index contributed by atoms with van der Waals surface area (Å²) in [5.41, 5.74) is 4.53. The second-order valence-electron chi connectivity index (χ2n) is 8.62. The largest absolute Gasteiger partial charge is 0.497 e. The molecule has 0 unspecified atom stereocenters. The summed E-state index contributed by atoms with van der Waals surface area (Å²) in [5, 5.41) is 8.41. The molecule has 170 valence electrons. The maximum Gasteiger partial charge on any atom is 0.242 e. The first-order valence-electron chi connectivity index (χ1n) is 11.2. The lowest BCUT2D eigenvalue weighted by Crippen LogP contribution is -2.39. The highest BCUT2D eigenvalue weighted by Gasteiger charge is 2.26. The Morgan fingerprint density at radius 3 is 2.67 bits per heavy atom. The number of nitrogens with one attached hydrogen (secondary N) is 2. The Morgan fingerprint density at radius 2 is 1.94 bits per heavy atom. The molecule has 1 amide bonds. The van der Waals surface area contributed by atoms with Gasteiger partial charge in [-0.2, -0.15) is 5.10 Å². The van der Waals surface area contributed by atoms with Gasteiger partial charge in [-0.1, -0.05) is 29.8 Å². The van der Waals surface area contributed by atoms with Gasteiger partial charge in [0, 0.05) is 35.8 Å². The quantitative estimate of drug-likeness (QED) is 0.418. The second-order valence-corrected chi connectivity index (χ2v) is 9.00. The molecule has 2 aromatic carbocycles. The number of rotatable bonds is 5. The van der Waals surface area contributed by atoms with Crippen LogP contribution >= 0.6 is 12.2 Å². The van der Waals surface area contributed by atoms with E-state index in [2.05, 4.69) is 33.5 Å². The Balaban J connectivity index is 1.28. The van der Waals surface area contributed by atoms with Gasteiger partial charge in [-0.25, -0.2) is 0 Å². The van der Waals surface area contributed by atoms with Gasteiger partial charge in [-0.3, -0.25) is 14.5 Å². The van der Waals surface area contributed by atoms with Gasteiger partial charge < -0.3 is 14.6 Å². The Kier molecular flexibility index (Phi) is 5.76. The van der Waals surface area contributed by atoms with Crippen molar-refractivity contribution in [2.45, 2.75) is 32.2 Å². The zero-order valence-electron chi connectivity index (χ0n) is 18.8. The van der Waals surface area contributed by atoms with E-state index in [0.29, 0.717) is 16.5 Å². The Morgan fingerprint density at radius 1 is 1.18 bits per heavy atom. The third kappa shape index (κ3) is 4.18. The standard InChI is InChI=1S/C25H27N5O2S/c1-16-3-5-18(6-4-16)24-27-28-25(33)30(24)15-23(31)29-11-9-17(10-12-29)21-14-26-22-8-7-19(32-2)13-20(21)22/h3-8,13-14,17,26H,9-12,15H2,1-2H3,(H,28,33). The molecule has 0 atom stereocenters. The minimum absolute atomic E-state index is 0.0694. The van der Waals surface area contributed by atoms with Gasteiger partial charge in [0.25, 0.3) is 0 Å². The molecular formula is C25H27N5O2S. The normalized spacial score (nSPS) is 14.7. The number of fused-ring (bicyclic) bond motifs is 1. The maximum absolute atomic E-state index is 13.1. The molecule has 1 saturated heterocycles. The fraction of sp³-hybridized carbons (Fsp3) is 0.320. The van der Waals surface area contributed by atoms with E-state index in [4.69, 9.17) is 17.0 Å². The number of benzene rings is 2. The number of amides is 1. The molecule has 1 aliphatic rings. The molecule has 8 heteroatoms. The predicted octanol–water partition coefficient (Wildman–Crippen LogP) is 4.81. The number of H-pyrrole nitrogens is 2. The van der Waals surface area contributed by atoms with Crippen LogP contribution in [-0.4, -0.2) is 50.8 Å². The zero-order valence-corrected chi connectivity index (χ0v) is 19.6. The molecule has 0 saturated carbocycles. The molecule has 2 N–H and O–H groups in total. The number of methoxy groups -OCH3 is 1. The average Bonchev–Trinajstić information content (AvgIpc) is 3.43. The maximum atomic E-state index is 13.1. The summed E-state index contributed by atoms with van der Waals surface area (Å²) in [6.07, 6.45) is 3.96. The van der Waals surface area contributed by atoms with E-state index in [0.717, 1.165) is 42.8 Å². The highest BCUT2D eigenvalue weighted by atomic mass is 32.1. The van der Waals surface area contributed by atoms with Gasteiger partial charge in [0.05, 0.1) is 7.11 Å². The number of ether oxygens (including phenoxy) is 1. The van der Waals surface area contributed by atoms with Gasteiger partial charge in [0.2, 0.25) is 5.91 Å². The van der Waals surface area contributed by atoms with Crippen LogP contribution in [0, 0.1) is 11.7 Å². The first-order valence-corrected chi connectivity index (χ1v) is 11.6. The summed E-state index contributed by atoms with van der Waals surface area (Å²) >= 11 is 5.42. The number of piperidine rings is 1. The first-order chi connectivity index (χ1) is 16.0. The summed E-state index contributed by atoms with van der Waals surface area (Å²) in [6, 6.07) is 14.2. The predicted molar refractivity (Wildman–Crippen MR) is 131 cm³/mol. The molecule has 1 aliphatic heterocycles. The Hall–Kier alpha value is -3.39. The first kappa shape index (κ1) is 21.5. The third-order valence-electron chi connectivity index (χ3n) is 6.57. The molecule has 0 bridgehead atoms. The summed E-state index contributed by atoms with van der Waals surface area (Å²) < 4.78 is 7.66. The molecule has 0 aliphatic carbocycles. The SMILES string of the molecule is COc1ccc2[nH]cc(C3CCN(C(=O)Cn4c(-c5ccc(C)cc5)n[nH]c4=S)CC3)c2c1. The molecule has 4 aromatic rings. The van der Waals surface area contributed by atoms with Crippen molar-refractivity contribution in [3.8, 4) is 17.1 Å².